The number of rotatable bonds is 11. The Labute approximate surface area is 207 Å². The maximum absolute atomic E-state index is 13.4. The number of ether oxygens (including phenoxy) is 1. The van der Waals surface area contributed by atoms with Crippen LogP contribution in [-0.2, 0) is 31.7 Å². The summed E-state index contributed by atoms with van der Waals surface area (Å²) in [5.41, 5.74) is 0. The molecule has 0 unspecified atom stereocenters. The Morgan fingerprint density at radius 3 is 1.39 bits per heavy atom. The maximum Gasteiger partial charge on any atom is 0.323 e. The minimum absolute atomic E-state index is 0.369. The van der Waals surface area contributed by atoms with Gasteiger partial charge in [0.15, 0.2) is 45.7 Å². The zero-order chi connectivity index (χ0) is 26.2. The Morgan fingerprint density at radius 1 is 0.606 bits per heavy atom. The topological polar surface area (TPSA) is 72.5 Å². The van der Waals surface area contributed by atoms with Crippen LogP contribution < -0.4 is 0 Å². The molecule has 0 aliphatic carbocycles. The third-order valence-electron chi connectivity index (χ3n) is 4.07. The van der Waals surface area contributed by atoms with E-state index in [0.717, 1.165) is 0 Å². The molecule has 0 bridgehead atoms. The molecule has 1 aliphatic rings. The molecule has 196 valence electrons. The fraction of sp³-hybridized carbons (Fsp3) is 0.952. The van der Waals surface area contributed by atoms with E-state index < -0.39 is 72.3 Å². The summed E-state index contributed by atoms with van der Waals surface area (Å²) in [6.45, 7) is 31.4. The van der Waals surface area contributed by atoms with Crippen molar-refractivity contribution >= 4 is 47.6 Å². The maximum atomic E-state index is 13.4. The summed E-state index contributed by atoms with van der Waals surface area (Å²) in [5, 5.41) is 0. The van der Waals surface area contributed by atoms with Gasteiger partial charge in [-0.2, -0.15) is 0 Å². The molecule has 1 fully saturated rings. The molecule has 1 saturated heterocycles. The Bertz CT molecular complexity index is 656. The van der Waals surface area contributed by atoms with Crippen molar-refractivity contribution in [3.63, 3.8) is 0 Å². The minimum Gasteiger partial charge on any atom is -0.518 e. The Balaban J connectivity index is 3.53. The van der Waals surface area contributed by atoms with E-state index in [2.05, 4.69) is 78.6 Å². The lowest BCUT2D eigenvalue weighted by Gasteiger charge is -2.37. The Morgan fingerprint density at radius 2 is 1.03 bits per heavy atom. The van der Waals surface area contributed by atoms with Gasteiger partial charge in [0.1, 0.15) is 18.3 Å². The number of hydrogen-bond acceptors (Lipinski definition) is 7. The van der Waals surface area contributed by atoms with Gasteiger partial charge in [-0.1, -0.05) is 0 Å². The summed E-state index contributed by atoms with van der Waals surface area (Å²) in [6.07, 6.45) is -3.04. The van der Waals surface area contributed by atoms with Crippen molar-refractivity contribution in [1.82, 2.24) is 0 Å². The number of carbonyl (C=O) groups is 1. The molecular formula is C21H50O7Si5. The molecule has 1 rings (SSSR count). The third-order valence-corrected chi connectivity index (χ3v) is 8.75. The second-order valence-electron chi connectivity index (χ2n) is 13.8. The fourth-order valence-electron chi connectivity index (χ4n) is 3.40. The minimum atomic E-state index is -2.14. The van der Waals surface area contributed by atoms with Crippen molar-refractivity contribution in [3.8, 4) is 0 Å². The first-order chi connectivity index (χ1) is 14.4. The fourth-order valence-corrected chi connectivity index (χ4v) is 8.15. The SMILES string of the molecule is C[Si](C)(C)OC(=O)[C@@H](O[Si](C)(C)C)[C@H]1O[C@H](O[Si](C)(C)C)[C@@H](O[Si](C)(C)C)[C@H]1O[Si](C)(C)C. The highest BCUT2D eigenvalue weighted by Crippen LogP contribution is 2.36. The summed E-state index contributed by atoms with van der Waals surface area (Å²) in [5.74, 6) is -0.369. The van der Waals surface area contributed by atoms with Crippen LogP contribution in [0.25, 0.3) is 0 Å². The molecule has 5 atom stereocenters. The van der Waals surface area contributed by atoms with Gasteiger partial charge in [0, 0.05) is 0 Å². The average molecular weight is 555 g/mol. The molecule has 1 heterocycles. The van der Waals surface area contributed by atoms with E-state index in [1.54, 1.807) is 0 Å². The first-order valence-electron chi connectivity index (χ1n) is 12.0. The van der Waals surface area contributed by atoms with Gasteiger partial charge in [0.05, 0.1) is 0 Å². The van der Waals surface area contributed by atoms with E-state index in [0.29, 0.717) is 0 Å². The van der Waals surface area contributed by atoms with Crippen LogP contribution in [0, 0.1) is 0 Å². The van der Waals surface area contributed by atoms with Gasteiger partial charge in [-0.15, -0.1) is 0 Å². The molecule has 0 spiro atoms. The number of carbonyl (C=O) groups excluding carboxylic acids is 1. The molecule has 0 aromatic heterocycles. The van der Waals surface area contributed by atoms with Gasteiger partial charge >= 0.3 is 5.97 Å². The molecule has 0 N–H and O–H groups in total. The van der Waals surface area contributed by atoms with E-state index in [9.17, 15) is 4.79 Å². The van der Waals surface area contributed by atoms with E-state index in [1.165, 1.54) is 0 Å². The zero-order valence-electron chi connectivity index (χ0n) is 23.7. The average Bonchev–Trinajstić information content (AvgIpc) is 2.75. The van der Waals surface area contributed by atoms with Crippen LogP contribution in [0.5, 0.6) is 0 Å². The molecule has 0 saturated carbocycles. The molecular weight excluding hydrogens is 505 g/mol. The normalized spacial score (nSPS) is 26.4. The monoisotopic (exact) mass is 554 g/mol. The lowest BCUT2D eigenvalue weighted by molar-refractivity contribution is -0.162. The second-order valence-corrected chi connectivity index (χ2v) is 36.0. The smallest absolute Gasteiger partial charge is 0.323 e. The van der Waals surface area contributed by atoms with Crippen LogP contribution in [-0.4, -0.2) is 78.3 Å². The van der Waals surface area contributed by atoms with Crippen molar-refractivity contribution < 1.29 is 31.7 Å². The van der Waals surface area contributed by atoms with Gasteiger partial charge in [0.2, 0.25) is 8.32 Å². The highest BCUT2D eigenvalue weighted by molar-refractivity contribution is 6.72. The van der Waals surface area contributed by atoms with E-state index in [-0.39, 0.29) is 5.97 Å². The molecule has 0 amide bonds. The van der Waals surface area contributed by atoms with E-state index >= 15 is 0 Å². The quantitative estimate of drug-likeness (QED) is 0.308. The standard InChI is InChI=1S/C21H50O7Si5/c1-29(2,3)24-17-16(18(25-30(4,5)6)20(22)27-32(10,11)12)23-21(28-33(13,14)15)19(17)26-31(7,8)9/h16-19,21H,1-15H3/t16-,17-,18-,19-,21+/m0/s1. The summed E-state index contributed by atoms with van der Waals surface area (Å²) >= 11 is 0. The summed E-state index contributed by atoms with van der Waals surface area (Å²) in [7, 11) is -10.3. The predicted octanol–water partition coefficient (Wildman–Crippen LogP) is 5.60. The van der Waals surface area contributed by atoms with Crippen LogP contribution >= 0.6 is 0 Å². The van der Waals surface area contributed by atoms with Crippen LogP contribution in [0.15, 0.2) is 0 Å². The molecule has 0 aromatic carbocycles. The molecule has 0 aromatic rings. The zero-order valence-corrected chi connectivity index (χ0v) is 28.7. The first-order valence-corrected chi connectivity index (χ1v) is 29.0. The second kappa shape index (κ2) is 10.8. The highest BCUT2D eigenvalue weighted by atomic mass is 28.4. The first kappa shape index (κ1) is 31.4. The van der Waals surface area contributed by atoms with Gasteiger partial charge in [0.25, 0.3) is 0 Å². The van der Waals surface area contributed by atoms with Gasteiger partial charge < -0.3 is 26.9 Å². The van der Waals surface area contributed by atoms with Crippen molar-refractivity contribution in [3.05, 3.63) is 0 Å². The third kappa shape index (κ3) is 12.2. The van der Waals surface area contributed by atoms with Gasteiger partial charge in [-0.25, -0.2) is 0 Å². The van der Waals surface area contributed by atoms with Gasteiger partial charge in [-0.05, 0) is 98.2 Å². The molecule has 33 heavy (non-hydrogen) atoms. The molecule has 0 radical (unpaired) electrons. The van der Waals surface area contributed by atoms with Crippen LogP contribution in [0.1, 0.15) is 0 Å². The predicted molar refractivity (Wildman–Crippen MR) is 147 cm³/mol. The molecule has 12 heteroatoms. The highest BCUT2D eigenvalue weighted by Gasteiger charge is 2.56. The number of hydrogen-bond donors (Lipinski definition) is 0. The van der Waals surface area contributed by atoms with Gasteiger partial charge in [-0.3, -0.25) is 4.79 Å². The summed E-state index contributed by atoms with van der Waals surface area (Å²) < 4.78 is 38.6. The van der Waals surface area contributed by atoms with Crippen molar-refractivity contribution in [2.75, 3.05) is 0 Å². The lowest BCUT2D eigenvalue weighted by Crippen LogP contribution is -2.55. The largest absolute Gasteiger partial charge is 0.518 e. The van der Waals surface area contributed by atoms with E-state index in [4.69, 9.17) is 26.9 Å². The Hall–Kier alpha value is 0.354. The van der Waals surface area contributed by atoms with Crippen molar-refractivity contribution in [1.29, 1.82) is 0 Å². The van der Waals surface area contributed by atoms with Crippen molar-refractivity contribution in [2.24, 2.45) is 0 Å². The van der Waals surface area contributed by atoms with Crippen LogP contribution in [0.4, 0.5) is 0 Å². The molecule has 7 nitrogen and oxygen atoms in total. The summed E-state index contributed by atoms with van der Waals surface area (Å²) in [6, 6.07) is 0. The van der Waals surface area contributed by atoms with Crippen molar-refractivity contribution in [2.45, 2.75) is 129 Å². The Kier molecular flexibility index (Phi) is 10.2. The lowest BCUT2D eigenvalue weighted by atomic mass is 10.1. The molecule has 1 aliphatic heterocycles. The van der Waals surface area contributed by atoms with E-state index in [1.807, 2.05) is 19.6 Å². The van der Waals surface area contributed by atoms with Crippen LogP contribution in [0.3, 0.4) is 0 Å². The summed E-state index contributed by atoms with van der Waals surface area (Å²) in [4.78, 5) is 13.4. The van der Waals surface area contributed by atoms with Crippen LogP contribution in [0.2, 0.25) is 98.2 Å².